The summed E-state index contributed by atoms with van der Waals surface area (Å²) in [6, 6.07) is 6.33. The summed E-state index contributed by atoms with van der Waals surface area (Å²) in [4.78, 5) is 5.58. The Balaban J connectivity index is 2.10. The van der Waals surface area contributed by atoms with E-state index in [0.29, 0.717) is 24.0 Å². The van der Waals surface area contributed by atoms with Crippen LogP contribution < -0.4 is 5.32 Å². The summed E-state index contributed by atoms with van der Waals surface area (Å²) in [5, 5.41) is 3.67. The molecule has 0 spiro atoms. The van der Waals surface area contributed by atoms with Crippen LogP contribution in [0.15, 0.2) is 12.1 Å². The molecule has 1 N–H and O–H groups in total. The van der Waals surface area contributed by atoms with Crippen LogP contribution in [0.25, 0.3) is 0 Å². The molecular formula is C15H26N2S. The topological polar surface area (TPSA) is 15.3 Å². The van der Waals surface area contributed by atoms with E-state index in [1.807, 2.05) is 11.3 Å². The Hall–Kier alpha value is -0.380. The second-order valence-corrected chi connectivity index (χ2v) is 7.25. The van der Waals surface area contributed by atoms with Crippen molar-refractivity contribution >= 4 is 11.3 Å². The van der Waals surface area contributed by atoms with Crippen molar-refractivity contribution in [1.29, 1.82) is 0 Å². The maximum atomic E-state index is 3.67. The summed E-state index contributed by atoms with van der Waals surface area (Å²) in [5.74, 6) is 0.706. The van der Waals surface area contributed by atoms with Gasteiger partial charge in [0.15, 0.2) is 0 Å². The molecule has 0 aliphatic carbocycles. The average molecular weight is 266 g/mol. The highest BCUT2D eigenvalue weighted by molar-refractivity contribution is 7.12. The van der Waals surface area contributed by atoms with Crippen molar-refractivity contribution in [2.75, 3.05) is 13.1 Å². The summed E-state index contributed by atoms with van der Waals surface area (Å²) in [6.07, 6.45) is 0. The van der Waals surface area contributed by atoms with E-state index in [9.17, 15) is 0 Å². The Bertz CT molecular complexity index is 386. The van der Waals surface area contributed by atoms with Crippen molar-refractivity contribution in [2.24, 2.45) is 5.92 Å². The minimum absolute atomic E-state index is 0.544. The van der Waals surface area contributed by atoms with E-state index in [1.165, 1.54) is 9.75 Å². The lowest BCUT2D eigenvalue weighted by atomic mass is 9.98. The van der Waals surface area contributed by atoms with Gasteiger partial charge in [0.1, 0.15) is 0 Å². The second-order valence-electron chi connectivity index (χ2n) is 5.93. The SMILES string of the molecule is Cc1ccc(C(C)N2CC(C(C)C)NCC2C)s1. The molecule has 0 saturated carbocycles. The normalized spacial score (nSPS) is 27.7. The molecule has 102 valence electrons. The van der Waals surface area contributed by atoms with Gasteiger partial charge in [-0.15, -0.1) is 11.3 Å². The number of hydrogen-bond donors (Lipinski definition) is 1. The van der Waals surface area contributed by atoms with Crippen LogP contribution in [0.5, 0.6) is 0 Å². The van der Waals surface area contributed by atoms with Gasteiger partial charge in [0, 0.05) is 41.0 Å². The van der Waals surface area contributed by atoms with E-state index in [1.54, 1.807) is 0 Å². The molecule has 1 aliphatic heterocycles. The van der Waals surface area contributed by atoms with Crippen LogP contribution in [-0.2, 0) is 0 Å². The average Bonchev–Trinajstić information content (AvgIpc) is 2.75. The molecule has 2 nitrogen and oxygen atoms in total. The highest BCUT2D eigenvalue weighted by atomic mass is 32.1. The maximum absolute atomic E-state index is 3.67. The summed E-state index contributed by atoms with van der Waals surface area (Å²) >= 11 is 1.94. The zero-order valence-corrected chi connectivity index (χ0v) is 13.1. The third-order valence-corrected chi connectivity index (χ3v) is 5.30. The molecule has 18 heavy (non-hydrogen) atoms. The second kappa shape index (κ2) is 5.72. The van der Waals surface area contributed by atoms with Gasteiger partial charge in [0.25, 0.3) is 0 Å². The van der Waals surface area contributed by atoms with Crippen molar-refractivity contribution in [2.45, 2.75) is 52.7 Å². The standard InChI is InChI=1S/C15H26N2S/c1-10(2)14-9-17(11(3)8-16-14)13(5)15-7-6-12(4)18-15/h6-7,10-11,13-14,16H,8-9H2,1-5H3. The fourth-order valence-electron chi connectivity index (χ4n) is 2.74. The van der Waals surface area contributed by atoms with Crippen LogP contribution in [0.1, 0.15) is 43.5 Å². The highest BCUT2D eigenvalue weighted by Gasteiger charge is 2.30. The van der Waals surface area contributed by atoms with Gasteiger partial charge < -0.3 is 5.32 Å². The zero-order valence-electron chi connectivity index (χ0n) is 12.2. The summed E-state index contributed by atoms with van der Waals surface area (Å²) < 4.78 is 0. The van der Waals surface area contributed by atoms with Gasteiger partial charge in [-0.2, -0.15) is 0 Å². The maximum Gasteiger partial charge on any atom is 0.0417 e. The number of thiophene rings is 1. The molecule has 3 heteroatoms. The van der Waals surface area contributed by atoms with Gasteiger partial charge in [0.05, 0.1) is 0 Å². The minimum Gasteiger partial charge on any atom is -0.311 e. The fourth-order valence-corrected chi connectivity index (χ4v) is 3.69. The van der Waals surface area contributed by atoms with Gasteiger partial charge in [-0.3, -0.25) is 4.90 Å². The zero-order chi connectivity index (χ0) is 13.3. The van der Waals surface area contributed by atoms with Crippen molar-refractivity contribution in [3.63, 3.8) is 0 Å². The first-order chi connectivity index (χ1) is 8.49. The molecule has 1 aromatic heterocycles. The van der Waals surface area contributed by atoms with Crippen molar-refractivity contribution < 1.29 is 0 Å². The smallest absolute Gasteiger partial charge is 0.0417 e. The lowest BCUT2D eigenvalue weighted by Crippen LogP contribution is -2.57. The van der Waals surface area contributed by atoms with Crippen molar-refractivity contribution in [1.82, 2.24) is 10.2 Å². The summed E-state index contributed by atoms with van der Waals surface area (Å²) in [7, 11) is 0. The molecule has 0 aromatic carbocycles. The van der Waals surface area contributed by atoms with Gasteiger partial charge in [-0.05, 0) is 38.8 Å². The predicted molar refractivity (Wildman–Crippen MR) is 80.3 cm³/mol. The first kappa shape index (κ1) is 14.0. The third kappa shape index (κ3) is 2.95. The molecule has 2 heterocycles. The number of hydrogen-bond acceptors (Lipinski definition) is 3. The number of piperazine rings is 1. The van der Waals surface area contributed by atoms with Crippen molar-refractivity contribution in [3.05, 3.63) is 21.9 Å². The van der Waals surface area contributed by atoms with Gasteiger partial charge in [-0.1, -0.05) is 13.8 Å². The number of rotatable bonds is 3. The third-order valence-electron chi connectivity index (χ3n) is 4.12. The Labute approximate surface area is 115 Å². The number of aryl methyl sites for hydroxylation is 1. The van der Waals surface area contributed by atoms with Gasteiger partial charge in [0.2, 0.25) is 0 Å². The highest BCUT2D eigenvalue weighted by Crippen LogP contribution is 2.30. The molecule has 3 unspecified atom stereocenters. The molecule has 0 radical (unpaired) electrons. The van der Waals surface area contributed by atoms with Crippen LogP contribution >= 0.6 is 11.3 Å². The van der Waals surface area contributed by atoms with Crippen LogP contribution in [0.2, 0.25) is 0 Å². The Morgan fingerprint density at radius 2 is 2.06 bits per heavy atom. The van der Waals surface area contributed by atoms with E-state index < -0.39 is 0 Å². The van der Waals surface area contributed by atoms with E-state index in [4.69, 9.17) is 0 Å². The van der Waals surface area contributed by atoms with Crippen LogP contribution in [0, 0.1) is 12.8 Å². The molecule has 3 atom stereocenters. The minimum atomic E-state index is 0.544. The number of nitrogens with zero attached hydrogens (tertiary/aromatic N) is 1. The molecule has 2 rings (SSSR count). The molecule has 0 bridgehead atoms. The fraction of sp³-hybridized carbons (Fsp3) is 0.733. The van der Waals surface area contributed by atoms with E-state index in [2.05, 4.69) is 57.0 Å². The molecule has 1 fully saturated rings. The largest absolute Gasteiger partial charge is 0.311 e. The van der Waals surface area contributed by atoms with E-state index in [0.717, 1.165) is 13.1 Å². The molecule has 1 saturated heterocycles. The van der Waals surface area contributed by atoms with Crippen LogP contribution in [-0.4, -0.2) is 30.1 Å². The van der Waals surface area contributed by atoms with Gasteiger partial charge >= 0.3 is 0 Å². The predicted octanol–water partition coefficient (Wildman–Crippen LogP) is 3.44. The molecule has 0 amide bonds. The first-order valence-electron chi connectivity index (χ1n) is 7.04. The van der Waals surface area contributed by atoms with Crippen molar-refractivity contribution in [3.8, 4) is 0 Å². The summed E-state index contributed by atoms with van der Waals surface area (Å²) in [5.41, 5.74) is 0. The van der Waals surface area contributed by atoms with E-state index >= 15 is 0 Å². The number of nitrogens with one attached hydrogen (secondary N) is 1. The molecular weight excluding hydrogens is 240 g/mol. The first-order valence-corrected chi connectivity index (χ1v) is 7.86. The Morgan fingerprint density at radius 3 is 2.61 bits per heavy atom. The van der Waals surface area contributed by atoms with E-state index in [-0.39, 0.29) is 0 Å². The molecule has 1 aliphatic rings. The quantitative estimate of drug-likeness (QED) is 0.901. The monoisotopic (exact) mass is 266 g/mol. The van der Waals surface area contributed by atoms with Crippen LogP contribution in [0.4, 0.5) is 0 Å². The van der Waals surface area contributed by atoms with Gasteiger partial charge in [-0.25, -0.2) is 0 Å². The van der Waals surface area contributed by atoms with Crippen LogP contribution in [0.3, 0.4) is 0 Å². The summed E-state index contributed by atoms with van der Waals surface area (Å²) in [6.45, 7) is 13.8. The lowest BCUT2D eigenvalue weighted by Gasteiger charge is -2.43. The Morgan fingerprint density at radius 1 is 1.33 bits per heavy atom. The molecule has 1 aromatic rings. The Kier molecular flexibility index (Phi) is 4.46. The lowest BCUT2D eigenvalue weighted by molar-refractivity contribution is 0.0866.